The number of nitrogens with one attached hydrogen (secondary N) is 1. The molecule has 1 aromatic rings. The SMILES string of the molecule is CCN(C(=O)CNCCc1ncno1)C1CC1. The molecule has 94 valence electrons. The van der Waals surface area contributed by atoms with Crippen LogP contribution in [0.25, 0.3) is 0 Å². The van der Waals surface area contributed by atoms with Crippen molar-refractivity contribution in [2.24, 2.45) is 0 Å². The van der Waals surface area contributed by atoms with Gasteiger partial charge in [0.25, 0.3) is 0 Å². The quantitative estimate of drug-likeness (QED) is 0.688. The average molecular weight is 238 g/mol. The molecule has 0 saturated heterocycles. The summed E-state index contributed by atoms with van der Waals surface area (Å²) in [5, 5.41) is 6.62. The van der Waals surface area contributed by atoms with Crippen LogP contribution in [0.1, 0.15) is 25.7 Å². The molecule has 1 heterocycles. The highest BCUT2D eigenvalue weighted by Gasteiger charge is 2.30. The van der Waals surface area contributed by atoms with E-state index in [1.807, 2.05) is 11.8 Å². The van der Waals surface area contributed by atoms with Gasteiger partial charge in [-0.05, 0) is 19.8 Å². The smallest absolute Gasteiger partial charge is 0.236 e. The topological polar surface area (TPSA) is 71.3 Å². The van der Waals surface area contributed by atoms with Gasteiger partial charge >= 0.3 is 0 Å². The standard InChI is InChI=1S/C11H18N4O2/c1-2-15(9-3-4-9)11(16)7-12-6-5-10-13-8-14-17-10/h8-9,12H,2-7H2,1H3. The number of carbonyl (C=O) groups excluding carboxylic acids is 1. The summed E-state index contributed by atoms with van der Waals surface area (Å²) in [5.74, 6) is 0.778. The van der Waals surface area contributed by atoms with Gasteiger partial charge < -0.3 is 14.7 Å². The predicted octanol–water partition coefficient (Wildman–Crippen LogP) is 0.213. The number of aromatic nitrogens is 2. The van der Waals surface area contributed by atoms with Gasteiger partial charge in [-0.25, -0.2) is 0 Å². The normalized spacial score (nSPS) is 14.9. The van der Waals surface area contributed by atoms with Gasteiger partial charge in [0.1, 0.15) is 0 Å². The zero-order chi connectivity index (χ0) is 12.1. The summed E-state index contributed by atoms with van der Waals surface area (Å²) < 4.78 is 4.86. The Bertz CT molecular complexity index is 348. The monoisotopic (exact) mass is 238 g/mol. The molecule has 1 N–H and O–H groups in total. The summed E-state index contributed by atoms with van der Waals surface area (Å²) in [6.45, 7) is 3.89. The minimum atomic E-state index is 0.181. The number of likely N-dealkylation sites (N-methyl/N-ethyl adjacent to an activating group) is 1. The maximum atomic E-state index is 11.8. The first-order chi connectivity index (χ1) is 8.31. The molecule has 0 aliphatic heterocycles. The fraction of sp³-hybridized carbons (Fsp3) is 0.727. The van der Waals surface area contributed by atoms with Crippen molar-refractivity contribution in [3.63, 3.8) is 0 Å². The van der Waals surface area contributed by atoms with Crippen LogP contribution in [-0.2, 0) is 11.2 Å². The van der Waals surface area contributed by atoms with Gasteiger partial charge in [0.15, 0.2) is 6.33 Å². The highest BCUT2D eigenvalue weighted by atomic mass is 16.5. The lowest BCUT2D eigenvalue weighted by molar-refractivity contribution is -0.130. The summed E-state index contributed by atoms with van der Waals surface area (Å²) in [6, 6.07) is 0.491. The summed E-state index contributed by atoms with van der Waals surface area (Å²) in [5.41, 5.74) is 0. The van der Waals surface area contributed by atoms with Crippen molar-refractivity contribution in [3.05, 3.63) is 12.2 Å². The van der Waals surface area contributed by atoms with Crippen LogP contribution in [0.2, 0.25) is 0 Å². The maximum Gasteiger partial charge on any atom is 0.236 e. The third-order valence-corrected chi connectivity index (χ3v) is 2.85. The number of nitrogens with zero attached hydrogens (tertiary/aromatic N) is 3. The second-order valence-corrected chi connectivity index (χ2v) is 4.17. The van der Waals surface area contributed by atoms with E-state index >= 15 is 0 Å². The molecule has 0 radical (unpaired) electrons. The molecule has 1 aliphatic rings. The largest absolute Gasteiger partial charge is 0.340 e. The summed E-state index contributed by atoms with van der Waals surface area (Å²) in [4.78, 5) is 17.7. The summed E-state index contributed by atoms with van der Waals surface area (Å²) in [6.07, 6.45) is 4.35. The first kappa shape index (κ1) is 12.0. The van der Waals surface area contributed by atoms with E-state index in [4.69, 9.17) is 4.52 Å². The molecule has 0 unspecified atom stereocenters. The van der Waals surface area contributed by atoms with Crippen LogP contribution >= 0.6 is 0 Å². The number of rotatable bonds is 7. The highest BCUT2D eigenvalue weighted by molar-refractivity contribution is 5.78. The molecular weight excluding hydrogens is 220 g/mol. The van der Waals surface area contributed by atoms with Crippen molar-refractivity contribution in [2.75, 3.05) is 19.6 Å². The summed E-state index contributed by atoms with van der Waals surface area (Å²) >= 11 is 0. The Hall–Kier alpha value is -1.43. The molecule has 1 saturated carbocycles. The fourth-order valence-corrected chi connectivity index (χ4v) is 1.82. The molecule has 0 aromatic carbocycles. The number of hydrogen-bond acceptors (Lipinski definition) is 5. The second kappa shape index (κ2) is 5.77. The number of carbonyl (C=O) groups is 1. The van der Waals surface area contributed by atoms with Gasteiger partial charge in [0.2, 0.25) is 11.8 Å². The molecule has 1 aliphatic carbocycles. The molecule has 0 spiro atoms. The lowest BCUT2D eigenvalue weighted by Gasteiger charge is -2.20. The minimum absolute atomic E-state index is 0.181. The van der Waals surface area contributed by atoms with Crippen molar-refractivity contribution >= 4 is 5.91 Å². The van der Waals surface area contributed by atoms with Gasteiger partial charge in [-0.1, -0.05) is 5.16 Å². The summed E-state index contributed by atoms with van der Waals surface area (Å²) in [7, 11) is 0. The first-order valence-electron chi connectivity index (χ1n) is 6.07. The molecular formula is C11H18N4O2. The van der Waals surface area contributed by atoms with E-state index in [1.54, 1.807) is 0 Å². The molecule has 1 amide bonds. The van der Waals surface area contributed by atoms with Crippen LogP contribution in [0.4, 0.5) is 0 Å². The van der Waals surface area contributed by atoms with E-state index in [0.717, 1.165) is 19.4 Å². The van der Waals surface area contributed by atoms with Crippen LogP contribution in [0.3, 0.4) is 0 Å². The Balaban J connectivity index is 1.62. The van der Waals surface area contributed by atoms with E-state index < -0.39 is 0 Å². The molecule has 6 nitrogen and oxygen atoms in total. The Morgan fingerprint density at radius 1 is 1.65 bits per heavy atom. The predicted molar refractivity (Wildman–Crippen MR) is 61.3 cm³/mol. The molecule has 0 atom stereocenters. The minimum Gasteiger partial charge on any atom is -0.340 e. The lowest BCUT2D eigenvalue weighted by Crippen LogP contribution is -2.39. The number of hydrogen-bond donors (Lipinski definition) is 1. The lowest BCUT2D eigenvalue weighted by atomic mass is 10.4. The van der Waals surface area contributed by atoms with Crippen LogP contribution in [0.5, 0.6) is 0 Å². The van der Waals surface area contributed by atoms with Gasteiger partial charge in [-0.15, -0.1) is 0 Å². The van der Waals surface area contributed by atoms with Crippen molar-refractivity contribution in [3.8, 4) is 0 Å². The van der Waals surface area contributed by atoms with Gasteiger partial charge in [0.05, 0.1) is 6.54 Å². The second-order valence-electron chi connectivity index (χ2n) is 4.17. The third-order valence-electron chi connectivity index (χ3n) is 2.85. The van der Waals surface area contributed by atoms with E-state index in [-0.39, 0.29) is 5.91 Å². The molecule has 0 bridgehead atoms. The van der Waals surface area contributed by atoms with Gasteiger partial charge in [-0.2, -0.15) is 4.98 Å². The maximum absolute atomic E-state index is 11.8. The molecule has 2 rings (SSSR count). The zero-order valence-electron chi connectivity index (χ0n) is 10.1. The van der Waals surface area contributed by atoms with Crippen molar-refractivity contribution < 1.29 is 9.32 Å². The Kier molecular flexibility index (Phi) is 4.08. The Morgan fingerprint density at radius 3 is 3.06 bits per heavy atom. The van der Waals surface area contributed by atoms with E-state index in [2.05, 4.69) is 15.5 Å². The van der Waals surface area contributed by atoms with E-state index in [1.165, 1.54) is 6.33 Å². The van der Waals surface area contributed by atoms with Crippen LogP contribution in [0.15, 0.2) is 10.9 Å². The Morgan fingerprint density at radius 2 is 2.47 bits per heavy atom. The van der Waals surface area contributed by atoms with Crippen molar-refractivity contribution in [2.45, 2.75) is 32.2 Å². The zero-order valence-corrected chi connectivity index (χ0v) is 10.1. The molecule has 6 heteroatoms. The Labute approximate surface area is 100 Å². The van der Waals surface area contributed by atoms with Gasteiger partial charge in [-0.3, -0.25) is 4.79 Å². The van der Waals surface area contributed by atoms with Crippen molar-refractivity contribution in [1.29, 1.82) is 0 Å². The van der Waals surface area contributed by atoms with E-state index in [0.29, 0.717) is 31.4 Å². The van der Waals surface area contributed by atoms with Crippen LogP contribution < -0.4 is 5.32 Å². The van der Waals surface area contributed by atoms with Crippen LogP contribution in [-0.4, -0.2) is 46.6 Å². The van der Waals surface area contributed by atoms with E-state index in [9.17, 15) is 4.79 Å². The number of amides is 1. The third kappa shape index (κ3) is 3.52. The van der Waals surface area contributed by atoms with Crippen LogP contribution in [0, 0.1) is 0 Å². The molecule has 1 aromatic heterocycles. The molecule has 17 heavy (non-hydrogen) atoms. The van der Waals surface area contributed by atoms with Gasteiger partial charge in [0, 0.05) is 25.6 Å². The first-order valence-corrected chi connectivity index (χ1v) is 6.07. The fourth-order valence-electron chi connectivity index (χ4n) is 1.82. The molecule has 1 fully saturated rings. The van der Waals surface area contributed by atoms with Crippen molar-refractivity contribution in [1.82, 2.24) is 20.4 Å². The highest BCUT2D eigenvalue weighted by Crippen LogP contribution is 2.26. The average Bonchev–Trinajstić information content (AvgIpc) is 3.02.